The van der Waals surface area contributed by atoms with Gasteiger partial charge < -0.3 is 10.8 Å². The van der Waals surface area contributed by atoms with E-state index < -0.39 is 11.5 Å². The molecule has 0 aliphatic carbocycles. The predicted molar refractivity (Wildman–Crippen MR) is 75.1 cm³/mol. The Balaban J connectivity index is 2.57. The normalized spacial score (nSPS) is 11.1. The molecule has 0 aliphatic rings. The van der Waals surface area contributed by atoms with Crippen LogP contribution in [0.4, 0.5) is 5.69 Å². The minimum absolute atomic E-state index is 0.356. The second kappa shape index (κ2) is 4.06. The first-order chi connectivity index (χ1) is 9.49. The lowest BCUT2D eigenvalue weighted by Crippen LogP contribution is -2.23. The van der Waals surface area contributed by atoms with Crippen molar-refractivity contribution in [1.82, 2.24) is 9.38 Å². The van der Waals surface area contributed by atoms with Crippen LogP contribution in [0, 0.1) is 6.92 Å². The van der Waals surface area contributed by atoms with E-state index in [0.29, 0.717) is 11.3 Å². The third-order valence-corrected chi connectivity index (χ3v) is 3.26. The fourth-order valence-electron chi connectivity index (χ4n) is 2.29. The summed E-state index contributed by atoms with van der Waals surface area (Å²) in [5.74, 6) is -1.29. The van der Waals surface area contributed by atoms with Gasteiger partial charge in [-0.15, -0.1) is 0 Å². The van der Waals surface area contributed by atoms with Crippen molar-refractivity contribution in [2.24, 2.45) is 0 Å². The first kappa shape index (κ1) is 12.2. The summed E-state index contributed by atoms with van der Waals surface area (Å²) >= 11 is 0. The highest BCUT2D eigenvalue weighted by Crippen LogP contribution is 2.23. The molecule has 6 nitrogen and oxygen atoms in total. The molecule has 6 heteroatoms. The van der Waals surface area contributed by atoms with Gasteiger partial charge in [-0.3, -0.25) is 9.20 Å². The Hall–Kier alpha value is -2.89. The van der Waals surface area contributed by atoms with Gasteiger partial charge in [0.2, 0.25) is 0 Å². The Bertz CT molecular complexity index is 928. The maximum Gasteiger partial charge on any atom is 0.342 e. The van der Waals surface area contributed by atoms with Crippen LogP contribution in [0.1, 0.15) is 15.9 Å². The van der Waals surface area contributed by atoms with Crippen LogP contribution < -0.4 is 11.3 Å². The quantitative estimate of drug-likeness (QED) is 0.514. The van der Waals surface area contributed by atoms with E-state index in [1.165, 1.54) is 4.40 Å². The number of aromatic nitrogens is 2. The number of aryl methyl sites for hydroxylation is 1. The van der Waals surface area contributed by atoms with Crippen molar-refractivity contribution >= 4 is 28.1 Å². The number of carboxylic acid groups (broad SMARTS) is 1. The standard InChI is InChI=1S/C14H11N3O3/c1-7-6-17-12(10-4-8(15)2-3-9(7)10)16-5-11(13(17)18)14(19)20/h2-6H,15H2,1H3,(H,19,20). The van der Waals surface area contributed by atoms with Crippen LogP contribution in [-0.2, 0) is 0 Å². The maximum atomic E-state index is 12.2. The molecule has 0 saturated heterocycles. The zero-order chi connectivity index (χ0) is 14.4. The number of carbonyl (C=O) groups is 1. The molecule has 0 bridgehead atoms. The Morgan fingerprint density at radius 3 is 2.80 bits per heavy atom. The predicted octanol–water partition coefficient (Wildman–Crippen LogP) is 1.44. The average molecular weight is 269 g/mol. The van der Waals surface area contributed by atoms with Gasteiger partial charge in [-0.2, -0.15) is 0 Å². The summed E-state index contributed by atoms with van der Waals surface area (Å²) in [6, 6.07) is 5.36. The molecular weight excluding hydrogens is 258 g/mol. The smallest absolute Gasteiger partial charge is 0.342 e. The molecule has 0 aliphatic heterocycles. The van der Waals surface area contributed by atoms with Crippen molar-refractivity contribution < 1.29 is 9.90 Å². The molecule has 0 unspecified atom stereocenters. The van der Waals surface area contributed by atoms with Crippen molar-refractivity contribution in [3.8, 4) is 0 Å². The lowest BCUT2D eigenvalue weighted by molar-refractivity contribution is 0.0694. The van der Waals surface area contributed by atoms with Gasteiger partial charge in [0.25, 0.3) is 5.56 Å². The number of nitrogens with zero attached hydrogens (tertiary/aromatic N) is 2. The van der Waals surface area contributed by atoms with E-state index >= 15 is 0 Å². The van der Waals surface area contributed by atoms with Crippen LogP contribution >= 0.6 is 0 Å². The fourth-order valence-corrected chi connectivity index (χ4v) is 2.29. The monoisotopic (exact) mass is 269 g/mol. The number of hydrogen-bond donors (Lipinski definition) is 2. The summed E-state index contributed by atoms with van der Waals surface area (Å²) in [6.45, 7) is 1.85. The Morgan fingerprint density at radius 2 is 2.10 bits per heavy atom. The van der Waals surface area contributed by atoms with Gasteiger partial charge in [0.05, 0.1) is 0 Å². The molecule has 2 aromatic heterocycles. The highest BCUT2D eigenvalue weighted by atomic mass is 16.4. The topological polar surface area (TPSA) is 97.7 Å². The van der Waals surface area contributed by atoms with Gasteiger partial charge in [-0.05, 0) is 30.0 Å². The zero-order valence-corrected chi connectivity index (χ0v) is 10.6. The van der Waals surface area contributed by atoms with Crippen molar-refractivity contribution in [3.05, 3.63) is 52.1 Å². The first-order valence-electron chi connectivity index (χ1n) is 5.92. The Kier molecular flexibility index (Phi) is 2.47. The van der Waals surface area contributed by atoms with Gasteiger partial charge in [-0.25, -0.2) is 9.78 Å². The van der Waals surface area contributed by atoms with Gasteiger partial charge in [0, 0.05) is 23.5 Å². The Morgan fingerprint density at radius 1 is 1.35 bits per heavy atom. The Labute approximate surface area is 113 Å². The van der Waals surface area contributed by atoms with Crippen molar-refractivity contribution in [3.63, 3.8) is 0 Å². The van der Waals surface area contributed by atoms with Crippen LogP contribution in [0.3, 0.4) is 0 Å². The van der Waals surface area contributed by atoms with Crippen LogP contribution in [-0.4, -0.2) is 20.5 Å². The molecular formula is C14H11N3O3. The summed E-state index contributed by atoms with van der Waals surface area (Å²) in [4.78, 5) is 27.3. The number of pyridine rings is 1. The van der Waals surface area contributed by atoms with E-state index in [9.17, 15) is 9.59 Å². The molecule has 20 heavy (non-hydrogen) atoms. The van der Waals surface area contributed by atoms with Gasteiger partial charge in [0.1, 0.15) is 11.2 Å². The summed E-state index contributed by atoms with van der Waals surface area (Å²) in [6.07, 6.45) is 2.67. The van der Waals surface area contributed by atoms with Crippen LogP contribution in [0.2, 0.25) is 0 Å². The largest absolute Gasteiger partial charge is 0.477 e. The molecule has 0 fully saturated rings. The minimum atomic E-state index is -1.29. The number of nitrogens with two attached hydrogens (primary N) is 1. The molecule has 0 saturated carbocycles. The molecule has 3 aromatic rings. The van der Waals surface area contributed by atoms with Crippen molar-refractivity contribution in [2.75, 3.05) is 5.73 Å². The van der Waals surface area contributed by atoms with Crippen LogP contribution in [0.15, 0.2) is 35.4 Å². The van der Waals surface area contributed by atoms with E-state index in [4.69, 9.17) is 10.8 Å². The van der Waals surface area contributed by atoms with Gasteiger partial charge >= 0.3 is 5.97 Å². The SMILES string of the molecule is Cc1cn2c(=O)c(C(=O)O)cnc2c2cc(N)ccc12. The molecule has 2 heterocycles. The van der Waals surface area contributed by atoms with Crippen LogP contribution in [0.25, 0.3) is 16.4 Å². The summed E-state index contributed by atoms with van der Waals surface area (Å²) in [5.41, 5.74) is 6.61. The number of nitrogen functional groups attached to an aromatic ring is 1. The average Bonchev–Trinajstić information content (AvgIpc) is 2.39. The molecule has 0 radical (unpaired) electrons. The van der Waals surface area contributed by atoms with E-state index in [0.717, 1.165) is 22.5 Å². The number of hydrogen-bond acceptors (Lipinski definition) is 4. The minimum Gasteiger partial charge on any atom is -0.477 e. The third kappa shape index (κ3) is 1.62. The van der Waals surface area contributed by atoms with E-state index in [2.05, 4.69) is 4.98 Å². The van der Waals surface area contributed by atoms with E-state index in [1.807, 2.05) is 13.0 Å². The molecule has 0 spiro atoms. The zero-order valence-electron chi connectivity index (χ0n) is 10.6. The lowest BCUT2D eigenvalue weighted by Gasteiger charge is -2.09. The number of fused-ring (bicyclic) bond motifs is 3. The molecule has 100 valence electrons. The fraction of sp³-hybridized carbons (Fsp3) is 0.0714. The molecule has 1 aromatic carbocycles. The second-order valence-corrected chi connectivity index (χ2v) is 4.59. The summed E-state index contributed by atoms with van der Waals surface area (Å²) < 4.78 is 1.25. The van der Waals surface area contributed by atoms with E-state index in [-0.39, 0.29) is 5.56 Å². The number of rotatable bonds is 1. The van der Waals surface area contributed by atoms with Crippen molar-refractivity contribution in [1.29, 1.82) is 0 Å². The van der Waals surface area contributed by atoms with E-state index in [1.54, 1.807) is 18.3 Å². The number of benzene rings is 1. The second-order valence-electron chi connectivity index (χ2n) is 4.59. The van der Waals surface area contributed by atoms with Gasteiger partial charge in [-0.1, -0.05) is 6.07 Å². The molecule has 3 rings (SSSR count). The third-order valence-electron chi connectivity index (χ3n) is 3.26. The number of anilines is 1. The highest BCUT2D eigenvalue weighted by molar-refractivity contribution is 5.98. The van der Waals surface area contributed by atoms with Crippen LogP contribution in [0.5, 0.6) is 0 Å². The molecule has 0 amide bonds. The summed E-state index contributed by atoms with van der Waals surface area (Å²) in [7, 11) is 0. The lowest BCUT2D eigenvalue weighted by atomic mass is 10.1. The summed E-state index contributed by atoms with van der Waals surface area (Å²) in [5, 5.41) is 10.6. The van der Waals surface area contributed by atoms with Crippen molar-refractivity contribution in [2.45, 2.75) is 6.92 Å². The first-order valence-corrected chi connectivity index (χ1v) is 5.92. The maximum absolute atomic E-state index is 12.2. The van der Waals surface area contributed by atoms with Gasteiger partial charge in [0.15, 0.2) is 0 Å². The number of aromatic carboxylic acids is 1. The highest BCUT2D eigenvalue weighted by Gasteiger charge is 2.14. The molecule has 0 atom stereocenters. The molecule has 3 N–H and O–H groups in total. The number of carboxylic acids is 1.